The van der Waals surface area contributed by atoms with Crippen LogP contribution in [0.4, 0.5) is 0 Å². The number of hydrogen-bond acceptors (Lipinski definition) is 5. The Hall–Kier alpha value is -0.650. The van der Waals surface area contributed by atoms with E-state index in [1.54, 1.807) is 0 Å². The topological polar surface area (TPSA) is 65.0 Å². The first kappa shape index (κ1) is 33.4. The minimum atomic E-state index is -0.756. The predicted molar refractivity (Wildman–Crippen MR) is 149 cm³/mol. The number of aliphatic hydroxyl groups excluding tert-OH is 1. The van der Waals surface area contributed by atoms with Crippen molar-refractivity contribution in [3.05, 3.63) is 0 Å². The Kier molecular flexibility index (Phi) is 18.8. The molecule has 0 amide bonds. The Morgan fingerprint density at radius 1 is 0.861 bits per heavy atom. The Labute approximate surface area is 223 Å². The highest BCUT2D eigenvalue weighted by Gasteiger charge is 2.33. The molecule has 1 rings (SSSR count). The van der Waals surface area contributed by atoms with Gasteiger partial charge >= 0.3 is 5.97 Å². The van der Waals surface area contributed by atoms with Crippen LogP contribution in [0.3, 0.4) is 0 Å². The Balaban J connectivity index is 2.64. The summed E-state index contributed by atoms with van der Waals surface area (Å²) in [7, 11) is 0. The summed E-state index contributed by atoms with van der Waals surface area (Å²) in [4.78, 5) is 13.0. The maximum atomic E-state index is 13.0. The lowest BCUT2D eigenvalue weighted by Gasteiger charge is -2.31. The molecule has 1 fully saturated rings. The predicted octanol–water partition coefficient (Wildman–Crippen LogP) is 8.50. The van der Waals surface area contributed by atoms with Gasteiger partial charge in [-0.15, -0.1) is 0 Å². The lowest BCUT2D eigenvalue weighted by atomic mass is 9.90. The molecule has 1 aliphatic rings. The maximum absolute atomic E-state index is 13.0. The molecule has 0 bridgehead atoms. The lowest BCUT2D eigenvalue weighted by molar-refractivity contribution is -0.197. The molecule has 5 heteroatoms. The Bertz CT molecular complexity index is 524. The summed E-state index contributed by atoms with van der Waals surface area (Å²) in [5, 5.41) is 11.3. The van der Waals surface area contributed by atoms with Crippen LogP contribution in [0.15, 0.2) is 0 Å². The van der Waals surface area contributed by atoms with Gasteiger partial charge < -0.3 is 19.3 Å². The molecule has 4 unspecified atom stereocenters. The van der Waals surface area contributed by atoms with Crippen molar-refractivity contribution < 1.29 is 24.1 Å². The molecule has 0 saturated carbocycles. The fourth-order valence-electron chi connectivity index (χ4n) is 5.03. The molecular weight excluding hydrogens is 452 g/mol. The molecule has 0 aliphatic carbocycles. The van der Waals surface area contributed by atoms with Gasteiger partial charge in [0.1, 0.15) is 5.60 Å². The van der Waals surface area contributed by atoms with Gasteiger partial charge in [-0.25, -0.2) is 0 Å². The van der Waals surface area contributed by atoms with Gasteiger partial charge in [-0.05, 0) is 52.9 Å². The molecule has 0 aromatic carbocycles. The van der Waals surface area contributed by atoms with Crippen LogP contribution in [0, 0.1) is 5.92 Å². The lowest BCUT2D eigenvalue weighted by Crippen LogP contribution is -2.38. The first-order valence-corrected chi connectivity index (χ1v) is 15.4. The number of carbonyl (C=O) groups is 1. The van der Waals surface area contributed by atoms with E-state index in [1.807, 2.05) is 20.8 Å². The first-order chi connectivity index (χ1) is 17.3. The summed E-state index contributed by atoms with van der Waals surface area (Å²) < 4.78 is 17.9. The van der Waals surface area contributed by atoms with Crippen molar-refractivity contribution in [1.82, 2.24) is 0 Å². The SMILES string of the molecule is CCCCCCCCCCCC(CC(O)C(CCCCCC)C(=O)OC(C)(C)C)OC1CCCCO1. The highest BCUT2D eigenvalue weighted by Crippen LogP contribution is 2.27. The van der Waals surface area contributed by atoms with E-state index in [0.29, 0.717) is 12.8 Å². The van der Waals surface area contributed by atoms with Crippen molar-refractivity contribution in [2.24, 2.45) is 5.92 Å². The van der Waals surface area contributed by atoms with Crippen molar-refractivity contribution >= 4 is 5.97 Å². The zero-order chi connectivity index (χ0) is 26.7. The Morgan fingerprint density at radius 2 is 1.42 bits per heavy atom. The smallest absolute Gasteiger partial charge is 0.312 e. The molecule has 1 aliphatic heterocycles. The van der Waals surface area contributed by atoms with Gasteiger partial charge in [0.05, 0.1) is 18.1 Å². The van der Waals surface area contributed by atoms with Gasteiger partial charge in [0.15, 0.2) is 6.29 Å². The molecule has 0 aromatic rings. The second kappa shape index (κ2) is 20.3. The molecule has 4 atom stereocenters. The second-order valence-electron chi connectivity index (χ2n) is 12.0. The summed E-state index contributed by atoms with van der Waals surface area (Å²) in [5.41, 5.74) is -0.555. The zero-order valence-corrected chi connectivity index (χ0v) is 24.5. The summed E-state index contributed by atoms with van der Waals surface area (Å²) in [6.07, 6.45) is 20.0. The van der Waals surface area contributed by atoms with Crippen molar-refractivity contribution in [3.8, 4) is 0 Å². The quantitative estimate of drug-likeness (QED) is 0.123. The van der Waals surface area contributed by atoms with Crippen LogP contribution in [0.25, 0.3) is 0 Å². The van der Waals surface area contributed by atoms with Crippen LogP contribution in [-0.4, -0.2) is 41.8 Å². The summed E-state index contributed by atoms with van der Waals surface area (Å²) in [5.74, 6) is -0.773. The van der Waals surface area contributed by atoms with E-state index in [1.165, 1.54) is 51.4 Å². The minimum Gasteiger partial charge on any atom is -0.460 e. The number of unbranched alkanes of at least 4 members (excludes halogenated alkanes) is 11. The number of aliphatic hydroxyl groups is 1. The number of hydrogen-bond donors (Lipinski definition) is 1. The van der Waals surface area contributed by atoms with Crippen LogP contribution in [-0.2, 0) is 19.0 Å². The summed E-state index contributed by atoms with van der Waals surface area (Å²) >= 11 is 0. The first-order valence-electron chi connectivity index (χ1n) is 15.4. The van der Waals surface area contributed by atoms with Gasteiger partial charge in [0.2, 0.25) is 0 Å². The third-order valence-electron chi connectivity index (χ3n) is 7.16. The zero-order valence-electron chi connectivity index (χ0n) is 24.5. The van der Waals surface area contributed by atoms with Crippen molar-refractivity contribution in [1.29, 1.82) is 0 Å². The number of esters is 1. The van der Waals surface area contributed by atoms with E-state index >= 15 is 0 Å². The van der Waals surface area contributed by atoms with Crippen molar-refractivity contribution in [3.63, 3.8) is 0 Å². The van der Waals surface area contributed by atoms with E-state index in [4.69, 9.17) is 14.2 Å². The van der Waals surface area contributed by atoms with Gasteiger partial charge in [0, 0.05) is 13.0 Å². The standard InChI is InChI=1S/C31H60O5/c1-6-8-10-12-13-14-15-16-17-21-26(35-29-23-19-20-24-34-29)25-28(32)27(22-18-11-9-7-2)30(33)36-31(3,4)5/h26-29,32H,6-25H2,1-5H3. The molecule has 0 radical (unpaired) electrons. The highest BCUT2D eigenvalue weighted by molar-refractivity contribution is 5.73. The molecule has 1 heterocycles. The van der Waals surface area contributed by atoms with E-state index in [-0.39, 0.29) is 18.4 Å². The molecule has 5 nitrogen and oxygen atoms in total. The summed E-state index contributed by atoms with van der Waals surface area (Å²) in [6, 6.07) is 0. The number of carbonyl (C=O) groups excluding carboxylic acids is 1. The maximum Gasteiger partial charge on any atom is 0.312 e. The molecule has 0 spiro atoms. The van der Waals surface area contributed by atoms with E-state index in [9.17, 15) is 9.90 Å². The van der Waals surface area contributed by atoms with Crippen LogP contribution >= 0.6 is 0 Å². The number of rotatable bonds is 21. The number of ether oxygens (including phenoxy) is 3. The molecule has 1 N–H and O–H groups in total. The molecule has 1 saturated heterocycles. The average Bonchev–Trinajstić information content (AvgIpc) is 2.82. The second-order valence-corrected chi connectivity index (χ2v) is 12.0. The summed E-state index contributed by atoms with van der Waals surface area (Å²) in [6.45, 7) is 10.9. The van der Waals surface area contributed by atoms with Crippen LogP contribution in [0.5, 0.6) is 0 Å². The van der Waals surface area contributed by atoms with Gasteiger partial charge in [0.25, 0.3) is 0 Å². The monoisotopic (exact) mass is 512 g/mol. The van der Waals surface area contributed by atoms with Crippen LogP contribution in [0.2, 0.25) is 0 Å². The molecular formula is C31H60O5. The third-order valence-corrected chi connectivity index (χ3v) is 7.16. The van der Waals surface area contributed by atoms with E-state index < -0.39 is 17.6 Å². The fraction of sp³-hybridized carbons (Fsp3) is 0.968. The fourth-order valence-corrected chi connectivity index (χ4v) is 5.03. The van der Waals surface area contributed by atoms with E-state index in [2.05, 4.69) is 13.8 Å². The third kappa shape index (κ3) is 17.0. The molecule has 36 heavy (non-hydrogen) atoms. The minimum absolute atomic E-state index is 0.0896. The molecule has 0 aromatic heterocycles. The van der Waals surface area contributed by atoms with Crippen LogP contribution in [0.1, 0.15) is 157 Å². The Morgan fingerprint density at radius 3 is 1.97 bits per heavy atom. The van der Waals surface area contributed by atoms with Gasteiger partial charge in [-0.2, -0.15) is 0 Å². The van der Waals surface area contributed by atoms with Crippen LogP contribution < -0.4 is 0 Å². The van der Waals surface area contributed by atoms with E-state index in [0.717, 1.165) is 64.4 Å². The molecule has 214 valence electrons. The van der Waals surface area contributed by atoms with Gasteiger partial charge in [-0.3, -0.25) is 4.79 Å². The van der Waals surface area contributed by atoms with Crippen molar-refractivity contribution in [2.45, 2.75) is 181 Å². The normalized spacial score (nSPS) is 19.1. The average molecular weight is 513 g/mol. The highest BCUT2D eigenvalue weighted by atomic mass is 16.7. The largest absolute Gasteiger partial charge is 0.460 e. The van der Waals surface area contributed by atoms with Gasteiger partial charge in [-0.1, -0.05) is 97.3 Å². The van der Waals surface area contributed by atoms with Crippen molar-refractivity contribution in [2.75, 3.05) is 6.61 Å².